The highest BCUT2D eigenvalue weighted by Crippen LogP contribution is 2.16. The third kappa shape index (κ3) is 3.72. The molecule has 1 fully saturated rings. The van der Waals surface area contributed by atoms with Crippen LogP contribution in [0.15, 0.2) is 36.4 Å². The number of nitrogens with zero attached hydrogens (tertiary/aromatic N) is 1. The van der Waals surface area contributed by atoms with Crippen molar-refractivity contribution >= 4 is 24.0 Å². The van der Waals surface area contributed by atoms with E-state index in [4.69, 9.17) is 4.74 Å². The SMILES string of the molecule is CC1(C)NC(=O)N(CC(=O)OC/C=C/c2ccccc2)C1=O. The lowest BCUT2D eigenvalue weighted by Gasteiger charge is -2.15. The van der Waals surface area contributed by atoms with E-state index in [2.05, 4.69) is 5.32 Å². The van der Waals surface area contributed by atoms with Crippen LogP contribution in [-0.4, -0.2) is 41.5 Å². The van der Waals surface area contributed by atoms with Gasteiger partial charge in [-0.25, -0.2) is 4.79 Å². The molecule has 0 spiro atoms. The van der Waals surface area contributed by atoms with Gasteiger partial charge in [0.2, 0.25) is 0 Å². The molecule has 1 heterocycles. The van der Waals surface area contributed by atoms with Gasteiger partial charge in [0, 0.05) is 0 Å². The van der Waals surface area contributed by atoms with Crippen LogP contribution in [0, 0.1) is 0 Å². The maximum Gasteiger partial charge on any atom is 0.326 e. The summed E-state index contributed by atoms with van der Waals surface area (Å²) in [5, 5.41) is 2.50. The summed E-state index contributed by atoms with van der Waals surface area (Å²) in [5.41, 5.74) is 0.0132. The van der Waals surface area contributed by atoms with Crippen LogP contribution >= 0.6 is 0 Å². The fourth-order valence-electron chi connectivity index (χ4n) is 2.03. The van der Waals surface area contributed by atoms with Crippen LogP contribution in [0.1, 0.15) is 19.4 Å². The summed E-state index contributed by atoms with van der Waals surface area (Å²) in [4.78, 5) is 36.1. The molecule has 1 aliphatic heterocycles. The monoisotopic (exact) mass is 302 g/mol. The zero-order valence-electron chi connectivity index (χ0n) is 12.5. The second kappa shape index (κ2) is 6.43. The van der Waals surface area contributed by atoms with Gasteiger partial charge in [-0.05, 0) is 25.5 Å². The molecule has 0 aliphatic carbocycles. The Labute approximate surface area is 128 Å². The number of esters is 1. The topological polar surface area (TPSA) is 75.7 Å². The van der Waals surface area contributed by atoms with Crippen molar-refractivity contribution in [1.82, 2.24) is 10.2 Å². The van der Waals surface area contributed by atoms with Crippen LogP contribution in [0.5, 0.6) is 0 Å². The predicted molar refractivity (Wildman–Crippen MR) is 80.8 cm³/mol. The molecular weight excluding hydrogens is 284 g/mol. The van der Waals surface area contributed by atoms with E-state index in [1.54, 1.807) is 19.9 Å². The van der Waals surface area contributed by atoms with Crippen molar-refractivity contribution in [3.05, 3.63) is 42.0 Å². The molecule has 6 nitrogen and oxygen atoms in total. The summed E-state index contributed by atoms with van der Waals surface area (Å²) < 4.78 is 4.99. The molecule has 3 amide bonds. The van der Waals surface area contributed by atoms with E-state index >= 15 is 0 Å². The number of hydrogen-bond donors (Lipinski definition) is 1. The van der Waals surface area contributed by atoms with Crippen molar-refractivity contribution in [1.29, 1.82) is 0 Å². The van der Waals surface area contributed by atoms with Gasteiger partial charge >= 0.3 is 12.0 Å². The molecule has 0 aromatic heterocycles. The van der Waals surface area contributed by atoms with Crippen molar-refractivity contribution in [2.45, 2.75) is 19.4 Å². The van der Waals surface area contributed by atoms with E-state index in [0.717, 1.165) is 10.5 Å². The lowest BCUT2D eigenvalue weighted by atomic mass is 10.1. The standard InChI is InChI=1S/C16H18N2O4/c1-16(2)14(20)18(15(21)17-16)11-13(19)22-10-6-9-12-7-4-3-5-8-12/h3-9H,10-11H2,1-2H3,(H,17,21)/b9-6+. The molecule has 1 aromatic carbocycles. The molecule has 1 aliphatic rings. The highest BCUT2D eigenvalue weighted by molar-refractivity contribution is 6.08. The molecule has 1 saturated heterocycles. The van der Waals surface area contributed by atoms with Crippen LogP contribution in [0.2, 0.25) is 0 Å². The van der Waals surface area contributed by atoms with Crippen molar-refractivity contribution in [2.24, 2.45) is 0 Å². The second-order valence-corrected chi connectivity index (χ2v) is 5.44. The van der Waals surface area contributed by atoms with E-state index in [9.17, 15) is 14.4 Å². The maximum atomic E-state index is 11.9. The summed E-state index contributed by atoms with van der Waals surface area (Å²) in [7, 11) is 0. The fraction of sp³-hybridized carbons (Fsp3) is 0.312. The number of nitrogens with one attached hydrogen (secondary N) is 1. The van der Waals surface area contributed by atoms with E-state index in [1.807, 2.05) is 36.4 Å². The van der Waals surface area contributed by atoms with Crippen LogP contribution in [0.25, 0.3) is 6.08 Å². The quantitative estimate of drug-likeness (QED) is 0.662. The first kappa shape index (κ1) is 15.8. The predicted octanol–water partition coefficient (Wildman–Crippen LogP) is 1.57. The first-order valence-corrected chi connectivity index (χ1v) is 6.91. The van der Waals surface area contributed by atoms with Crippen molar-refractivity contribution < 1.29 is 19.1 Å². The fourth-order valence-corrected chi connectivity index (χ4v) is 2.03. The third-order valence-corrected chi connectivity index (χ3v) is 3.18. The van der Waals surface area contributed by atoms with Crippen LogP contribution < -0.4 is 5.32 Å². The van der Waals surface area contributed by atoms with Gasteiger partial charge in [0.05, 0.1) is 0 Å². The summed E-state index contributed by atoms with van der Waals surface area (Å²) in [6, 6.07) is 9.00. The van der Waals surface area contributed by atoms with E-state index in [1.165, 1.54) is 0 Å². The molecule has 22 heavy (non-hydrogen) atoms. The Balaban J connectivity index is 1.80. The maximum absolute atomic E-state index is 11.9. The minimum absolute atomic E-state index is 0.0841. The van der Waals surface area contributed by atoms with Crippen LogP contribution in [0.3, 0.4) is 0 Å². The molecule has 0 saturated carbocycles. The first-order chi connectivity index (χ1) is 10.4. The van der Waals surface area contributed by atoms with Gasteiger partial charge in [-0.3, -0.25) is 14.5 Å². The Morgan fingerprint density at radius 3 is 2.55 bits per heavy atom. The lowest BCUT2D eigenvalue weighted by Crippen LogP contribution is -2.41. The Kier molecular flexibility index (Phi) is 4.60. The summed E-state index contributed by atoms with van der Waals surface area (Å²) in [6.07, 6.45) is 3.52. The van der Waals surface area contributed by atoms with Gasteiger partial charge in [-0.2, -0.15) is 0 Å². The molecule has 1 N–H and O–H groups in total. The highest BCUT2D eigenvalue weighted by atomic mass is 16.5. The summed E-state index contributed by atoms with van der Waals surface area (Å²) >= 11 is 0. The highest BCUT2D eigenvalue weighted by Gasteiger charge is 2.45. The molecule has 0 bridgehead atoms. The molecule has 2 rings (SSSR count). The Hall–Kier alpha value is -2.63. The lowest BCUT2D eigenvalue weighted by molar-refractivity contribution is -0.146. The zero-order chi connectivity index (χ0) is 16.2. The Morgan fingerprint density at radius 1 is 1.27 bits per heavy atom. The number of rotatable bonds is 5. The number of hydrogen-bond acceptors (Lipinski definition) is 4. The second-order valence-electron chi connectivity index (χ2n) is 5.44. The largest absolute Gasteiger partial charge is 0.460 e. The number of ether oxygens (including phenoxy) is 1. The van der Waals surface area contributed by atoms with Gasteiger partial charge in [-0.15, -0.1) is 0 Å². The Bertz CT molecular complexity index is 608. The number of carbonyl (C=O) groups excluding carboxylic acids is 3. The molecular formula is C16H18N2O4. The summed E-state index contributed by atoms with van der Waals surface area (Å²) in [5.74, 6) is -1.06. The van der Waals surface area contributed by atoms with E-state index in [-0.39, 0.29) is 13.2 Å². The molecule has 1 aromatic rings. The minimum Gasteiger partial charge on any atom is -0.460 e. The summed E-state index contributed by atoms with van der Waals surface area (Å²) in [6.45, 7) is 2.87. The molecule has 0 radical (unpaired) electrons. The van der Waals surface area contributed by atoms with Crippen molar-refractivity contribution in [3.8, 4) is 0 Å². The number of carbonyl (C=O) groups is 3. The number of imide groups is 1. The zero-order valence-corrected chi connectivity index (χ0v) is 12.5. The van der Waals surface area contributed by atoms with Gasteiger partial charge in [0.15, 0.2) is 0 Å². The van der Waals surface area contributed by atoms with Gasteiger partial charge < -0.3 is 10.1 Å². The van der Waals surface area contributed by atoms with Gasteiger partial charge in [0.1, 0.15) is 18.7 Å². The molecule has 6 heteroatoms. The average molecular weight is 302 g/mol. The first-order valence-electron chi connectivity index (χ1n) is 6.91. The Morgan fingerprint density at radius 2 is 1.95 bits per heavy atom. The third-order valence-electron chi connectivity index (χ3n) is 3.18. The minimum atomic E-state index is -0.982. The number of urea groups is 1. The van der Waals surface area contributed by atoms with Crippen LogP contribution in [0.4, 0.5) is 4.79 Å². The van der Waals surface area contributed by atoms with Gasteiger partial charge in [-0.1, -0.05) is 36.4 Å². The number of benzene rings is 1. The van der Waals surface area contributed by atoms with Crippen molar-refractivity contribution in [2.75, 3.05) is 13.2 Å². The molecule has 0 unspecified atom stereocenters. The van der Waals surface area contributed by atoms with E-state index in [0.29, 0.717) is 0 Å². The molecule has 0 atom stereocenters. The normalized spacial score (nSPS) is 16.9. The van der Waals surface area contributed by atoms with Crippen LogP contribution in [-0.2, 0) is 14.3 Å². The molecule has 116 valence electrons. The number of amides is 3. The smallest absolute Gasteiger partial charge is 0.326 e. The van der Waals surface area contributed by atoms with E-state index < -0.39 is 23.4 Å². The van der Waals surface area contributed by atoms with Gasteiger partial charge in [0.25, 0.3) is 5.91 Å². The average Bonchev–Trinajstić information content (AvgIpc) is 2.67. The van der Waals surface area contributed by atoms with Crippen molar-refractivity contribution in [3.63, 3.8) is 0 Å².